The second kappa shape index (κ2) is 14.4. The molecule has 2 amide bonds. The SMILES string of the molecule is CCCCCCOc1ccc(OCCOc2c(I)cc(/C=N/NC(N)=O)cc2OC)cc1. The molecule has 3 N–H and O–H groups in total. The number of rotatable bonds is 14. The lowest BCUT2D eigenvalue weighted by Crippen LogP contribution is -2.24. The van der Waals surface area contributed by atoms with Crippen LogP contribution in [-0.2, 0) is 0 Å². The highest BCUT2D eigenvalue weighted by Crippen LogP contribution is 2.33. The van der Waals surface area contributed by atoms with E-state index in [4.69, 9.17) is 24.7 Å². The molecule has 0 atom stereocenters. The van der Waals surface area contributed by atoms with Gasteiger partial charge in [0.25, 0.3) is 0 Å². The van der Waals surface area contributed by atoms with Crippen LogP contribution in [0.3, 0.4) is 0 Å². The number of methoxy groups -OCH3 is 1. The van der Waals surface area contributed by atoms with Crippen LogP contribution >= 0.6 is 22.6 Å². The van der Waals surface area contributed by atoms with Gasteiger partial charge in [-0.2, -0.15) is 5.10 Å². The van der Waals surface area contributed by atoms with E-state index in [1.807, 2.05) is 30.3 Å². The summed E-state index contributed by atoms with van der Waals surface area (Å²) in [7, 11) is 1.56. The van der Waals surface area contributed by atoms with Crippen LogP contribution in [0.1, 0.15) is 38.2 Å². The Kier molecular flexibility index (Phi) is 11.5. The van der Waals surface area contributed by atoms with Crippen molar-refractivity contribution in [3.05, 3.63) is 45.5 Å². The van der Waals surface area contributed by atoms with E-state index < -0.39 is 6.03 Å². The molecule has 2 rings (SSSR count). The first-order chi connectivity index (χ1) is 15.5. The van der Waals surface area contributed by atoms with Crippen LogP contribution in [0.5, 0.6) is 23.0 Å². The van der Waals surface area contributed by atoms with Crippen molar-refractivity contribution in [2.45, 2.75) is 32.6 Å². The summed E-state index contributed by atoms with van der Waals surface area (Å²) in [5.41, 5.74) is 7.88. The van der Waals surface area contributed by atoms with Crippen LogP contribution in [0.25, 0.3) is 0 Å². The van der Waals surface area contributed by atoms with E-state index in [9.17, 15) is 4.79 Å². The Morgan fingerprint density at radius 3 is 2.31 bits per heavy atom. The number of ether oxygens (including phenoxy) is 4. The molecule has 0 radical (unpaired) electrons. The van der Waals surface area contributed by atoms with E-state index >= 15 is 0 Å². The number of nitrogens with one attached hydrogen (secondary N) is 1. The lowest BCUT2D eigenvalue weighted by atomic mass is 10.2. The van der Waals surface area contributed by atoms with Gasteiger partial charge in [-0.05, 0) is 71.0 Å². The van der Waals surface area contributed by atoms with E-state index in [1.54, 1.807) is 13.2 Å². The summed E-state index contributed by atoms with van der Waals surface area (Å²) < 4.78 is 23.6. The van der Waals surface area contributed by atoms with Gasteiger partial charge >= 0.3 is 6.03 Å². The summed E-state index contributed by atoms with van der Waals surface area (Å²) in [5.74, 6) is 2.77. The average Bonchev–Trinajstić information content (AvgIpc) is 2.78. The molecule has 0 unspecified atom stereocenters. The largest absolute Gasteiger partial charge is 0.494 e. The normalized spacial score (nSPS) is 10.7. The highest BCUT2D eigenvalue weighted by atomic mass is 127. The molecule has 174 valence electrons. The van der Waals surface area contributed by atoms with Crippen LogP contribution in [-0.4, -0.2) is 39.2 Å². The third kappa shape index (κ3) is 9.21. The number of nitrogens with zero attached hydrogens (tertiary/aromatic N) is 1. The Balaban J connectivity index is 1.80. The van der Waals surface area contributed by atoms with Crippen molar-refractivity contribution in [3.63, 3.8) is 0 Å². The summed E-state index contributed by atoms with van der Waals surface area (Å²) in [4.78, 5) is 10.7. The van der Waals surface area contributed by atoms with Crippen molar-refractivity contribution < 1.29 is 23.7 Å². The summed E-state index contributed by atoms with van der Waals surface area (Å²) in [6.07, 6.45) is 6.21. The standard InChI is InChI=1S/C23H30IN3O5/c1-3-4-5-6-11-30-18-7-9-19(10-8-18)31-12-13-32-22-20(24)14-17(15-21(22)29-2)16-26-27-23(25)28/h7-10,14-16H,3-6,11-13H2,1-2H3,(H3,25,27,28)/b26-16+. The number of hydrogen-bond acceptors (Lipinski definition) is 6. The number of carbonyl (C=O) groups is 1. The first kappa shape index (κ1) is 25.6. The lowest BCUT2D eigenvalue weighted by Gasteiger charge is -2.14. The molecule has 0 aliphatic carbocycles. The molecule has 0 aromatic heterocycles. The number of amides is 2. The maximum Gasteiger partial charge on any atom is 0.332 e. The maximum atomic E-state index is 10.7. The van der Waals surface area contributed by atoms with Gasteiger partial charge in [0.1, 0.15) is 24.7 Å². The molecule has 0 saturated heterocycles. The fourth-order valence-electron chi connectivity index (χ4n) is 2.78. The fourth-order valence-corrected chi connectivity index (χ4v) is 3.56. The summed E-state index contributed by atoms with van der Waals surface area (Å²) in [6, 6.07) is 10.5. The van der Waals surface area contributed by atoms with Crippen molar-refractivity contribution in [1.82, 2.24) is 5.43 Å². The van der Waals surface area contributed by atoms with Gasteiger partial charge < -0.3 is 24.7 Å². The Morgan fingerprint density at radius 2 is 1.69 bits per heavy atom. The second-order valence-electron chi connectivity index (χ2n) is 6.85. The minimum atomic E-state index is -0.729. The van der Waals surface area contributed by atoms with E-state index in [-0.39, 0.29) is 0 Å². The number of carbonyl (C=O) groups excluding carboxylic acids is 1. The summed E-state index contributed by atoms with van der Waals surface area (Å²) in [6.45, 7) is 3.66. The Bertz CT molecular complexity index is 875. The van der Waals surface area contributed by atoms with Crippen molar-refractivity contribution >= 4 is 34.8 Å². The zero-order valence-corrected chi connectivity index (χ0v) is 20.6. The van der Waals surface area contributed by atoms with E-state index in [1.165, 1.54) is 25.5 Å². The molecule has 0 heterocycles. The predicted molar refractivity (Wildman–Crippen MR) is 133 cm³/mol. The van der Waals surface area contributed by atoms with E-state index in [0.29, 0.717) is 24.7 Å². The van der Waals surface area contributed by atoms with E-state index in [0.717, 1.165) is 33.7 Å². The van der Waals surface area contributed by atoms with Gasteiger partial charge in [-0.1, -0.05) is 26.2 Å². The maximum absolute atomic E-state index is 10.7. The molecule has 0 bridgehead atoms. The topological polar surface area (TPSA) is 104 Å². The zero-order valence-electron chi connectivity index (χ0n) is 18.4. The molecule has 0 spiro atoms. The molecule has 0 aliphatic heterocycles. The molecular weight excluding hydrogens is 525 g/mol. The van der Waals surface area contributed by atoms with Crippen molar-refractivity contribution in [2.24, 2.45) is 10.8 Å². The number of hydrazone groups is 1. The van der Waals surface area contributed by atoms with Crippen LogP contribution in [0.15, 0.2) is 41.5 Å². The van der Waals surface area contributed by atoms with Gasteiger partial charge in [0.2, 0.25) is 0 Å². The Hall–Kier alpha value is -2.69. The first-order valence-electron chi connectivity index (χ1n) is 10.5. The van der Waals surface area contributed by atoms with Crippen molar-refractivity contribution in [2.75, 3.05) is 26.9 Å². The number of primary amides is 1. The number of urea groups is 1. The Morgan fingerprint density at radius 1 is 1.03 bits per heavy atom. The second-order valence-corrected chi connectivity index (χ2v) is 8.01. The highest BCUT2D eigenvalue weighted by molar-refractivity contribution is 14.1. The molecule has 2 aromatic carbocycles. The molecule has 9 heteroatoms. The smallest absolute Gasteiger partial charge is 0.332 e. The third-order valence-electron chi connectivity index (χ3n) is 4.33. The summed E-state index contributed by atoms with van der Waals surface area (Å²) >= 11 is 2.15. The zero-order chi connectivity index (χ0) is 23.2. The molecule has 0 fully saturated rings. The van der Waals surface area contributed by atoms with Crippen LogP contribution in [0.4, 0.5) is 4.79 Å². The van der Waals surface area contributed by atoms with Gasteiger partial charge in [0, 0.05) is 0 Å². The Labute approximate surface area is 202 Å². The van der Waals surface area contributed by atoms with Crippen LogP contribution in [0, 0.1) is 3.57 Å². The number of benzene rings is 2. The van der Waals surface area contributed by atoms with Gasteiger partial charge in [-0.3, -0.25) is 0 Å². The third-order valence-corrected chi connectivity index (χ3v) is 5.13. The number of unbranched alkanes of at least 4 members (excludes halogenated alkanes) is 3. The molecule has 0 saturated carbocycles. The average molecular weight is 555 g/mol. The van der Waals surface area contributed by atoms with Crippen LogP contribution < -0.4 is 30.1 Å². The van der Waals surface area contributed by atoms with Gasteiger partial charge in [0.15, 0.2) is 11.5 Å². The fraction of sp³-hybridized carbons (Fsp3) is 0.391. The number of nitrogens with two attached hydrogens (primary N) is 1. The number of halogens is 1. The predicted octanol–water partition coefficient (Wildman–Crippen LogP) is 4.72. The van der Waals surface area contributed by atoms with Crippen molar-refractivity contribution in [1.29, 1.82) is 0 Å². The first-order valence-corrected chi connectivity index (χ1v) is 11.6. The number of hydrogen-bond donors (Lipinski definition) is 2. The minimum Gasteiger partial charge on any atom is -0.494 e. The monoisotopic (exact) mass is 555 g/mol. The molecule has 32 heavy (non-hydrogen) atoms. The minimum absolute atomic E-state index is 0.346. The quantitative estimate of drug-likeness (QED) is 0.152. The highest BCUT2D eigenvalue weighted by Gasteiger charge is 2.11. The van der Waals surface area contributed by atoms with Gasteiger partial charge in [0.05, 0.1) is 23.5 Å². The van der Waals surface area contributed by atoms with Crippen molar-refractivity contribution in [3.8, 4) is 23.0 Å². The summed E-state index contributed by atoms with van der Waals surface area (Å²) in [5, 5.41) is 3.75. The van der Waals surface area contributed by atoms with Crippen LogP contribution in [0.2, 0.25) is 0 Å². The van der Waals surface area contributed by atoms with Gasteiger partial charge in [-0.25, -0.2) is 10.2 Å². The van der Waals surface area contributed by atoms with Gasteiger partial charge in [-0.15, -0.1) is 0 Å². The lowest BCUT2D eigenvalue weighted by molar-refractivity contribution is 0.210. The molecular formula is C23H30IN3O5. The molecule has 2 aromatic rings. The molecule has 0 aliphatic rings. The molecule has 8 nitrogen and oxygen atoms in total. The van der Waals surface area contributed by atoms with E-state index in [2.05, 4.69) is 40.0 Å².